The number of benzene rings is 2. The molecule has 0 N–H and O–H groups in total. The maximum absolute atomic E-state index is 13.1. The van der Waals surface area contributed by atoms with Gasteiger partial charge in [0, 0.05) is 5.56 Å². The normalized spacial score (nSPS) is 12.0. The van der Waals surface area contributed by atoms with Gasteiger partial charge >= 0.3 is 0 Å². The zero-order valence-corrected chi connectivity index (χ0v) is 12.8. The van der Waals surface area contributed by atoms with Gasteiger partial charge in [-0.15, -0.1) is 0 Å². The second-order valence-electron chi connectivity index (χ2n) is 4.57. The van der Waals surface area contributed by atoms with Crippen LogP contribution in [0.1, 0.15) is 22.8 Å². The molecule has 2 nitrogen and oxygen atoms in total. The molecule has 0 spiro atoms. The fourth-order valence-electron chi connectivity index (χ4n) is 1.76. The lowest BCUT2D eigenvalue weighted by Crippen LogP contribution is -2.23. The standard InChI is InChI=1S/C16H14BrFO2/c1-10-3-5-12(6-4-10)16(19)11(2)20-13-7-8-15(18)14(17)9-13/h3-9,11H,1-2H3. The zero-order valence-electron chi connectivity index (χ0n) is 11.2. The second-order valence-corrected chi connectivity index (χ2v) is 5.42. The minimum absolute atomic E-state index is 0.106. The van der Waals surface area contributed by atoms with Gasteiger partial charge in [-0.25, -0.2) is 4.39 Å². The molecule has 1 atom stereocenters. The molecule has 0 fully saturated rings. The summed E-state index contributed by atoms with van der Waals surface area (Å²) in [6.45, 7) is 3.64. The van der Waals surface area contributed by atoms with Crippen LogP contribution >= 0.6 is 15.9 Å². The van der Waals surface area contributed by atoms with E-state index in [1.54, 1.807) is 19.1 Å². The Hall–Kier alpha value is -1.68. The molecule has 0 aliphatic rings. The molecule has 0 saturated carbocycles. The van der Waals surface area contributed by atoms with Crippen molar-refractivity contribution < 1.29 is 13.9 Å². The smallest absolute Gasteiger partial charge is 0.202 e. The molecule has 20 heavy (non-hydrogen) atoms. The largest absolute Gasteiger partial charge is 0.483 e. The summed E-state index contributed by atoms with van der Waals surface area (Å²) in [5.74, 6) is -0.0217. The second kappa shape index (κ2) is 6.18. The zero-order chi connectivity index (χ0) is 14.7. The number of carbonyl (C=O) groups excluding carboxylic acids is 1. The fourth-order valence-corrected chi connectivity index (χ4v) is 2.12. The summed E-state index contributed by atoms with van der Waals surface area (Å²) in [5.41, 5.74) is 1.70. The minimum Gasteiger partial charge on any atom is -0.483 e. The van der Waals surface area contributed by atoms with E-state index in [0.29, 0.717) is 15.8 Å². The third-order valence-corrected chi connectivity index (χ3v) is 3.52. The topological polar surface area (TPSA) is 26.3 Å². The van der Waals surface area contributed by atoms with Gasteiger partial charge in [0.05, 0.1) is 4.47 Å². The minimum atomic E-state index is -0.630. The van der Waals surface area contributed by atoms with Crippen LogP contribution in [0.25, 0.3) is 0 Å². The van der Waals surface area contributed by atoms with E-state index in [4.69, 9.17) is 4.74 Å². The van der Waals surface area contributed by atoms with Gasteiger partial charge in [0.25, 0.3) is 0 Å². The number of aryl methyl sites for hydroxylation is 1. The van der Waals surface area contributed by atoms with E-state index in [0.717, 1.165) is 5.56 Å². The highest BCUT2D eigenvalue weighted by atomic mass is 79.9. The quantitative estimate of drug-likeness (QED) is 0.766. The van der Waals surface area contributed by atoms with Crippen molar-refractivity contribution in [1.82, 2.24) is 0 Å². The molecule has 0 aliphatic carbocycles. The first-order valence-corrected chi connectivity index (χ1v) is 6.99. The first-order valence-electron chi connectivity index (χ1n) is 6.20. The highest BCUT2D eigenvalue weighted by molar-refractivity contribution is 9.10. The molecule has 2 rings (SSSR count). The molecule has 0 radical (unpaired) electrons. The van der Waals surface area contributed by atoms with Gasteiger partial charge in [0.1, 0.15) is 11.6 Å². The molecule has 0 amide bonds. The number of Topliss-reactive ketones (excluding diaryl/α,β-unsaturated/α-hetero) is 1. The van der Waals surface area contributed by atoms with Gasteiger partial charge in [-0.1, -0.05) is 29.8 Å². The van der Waals surface area contributed by atoms with Gasteiger partial charge < -0.3 is 4.74 Å². The summed E-state index contributed by atoms with van der Waals surface area (Å²) in [7, 11) is 0. The maximum Gasteiger partial charge on any atom is 0.202 e. The molecule has 0 aromatic heterocycles. The molecule has 104 valence electrons. The van der Waals surface area contributed by atoms with E-state index in [1.165, 1.54) is 18.2 Å². The Bertz CT molecular complexity index is 623. The molecule has 0 heterocycles. The summed E-state index contributed by atoms with van der Waals surface area (Å²) in [6, 6.07) is 11.6. The number of carbonyl (C=O) groups is 1. The summed E-state index contributed by atoms with van der Waals surface area (Å²) in [5, 5.41) is 0. The fraction of sp³-hybridized carbons (Fsp3) is 0.188. The molecule has 2 aromatic rings. The van der Waals surface area contributed by atoms with E-state index in [-0.39, 0.29) is 11.6 Å². The van der Waals surface area contributed by atoms with Crippen LogP contribution in [0.15, 0.2) is 46.9 Å². The monoisotopic (exact) mass is 336 g/mol. The number of hydrogen-bond donors (Lipinski definition) is 0. The van der Waals surface area contributed by atoms with Crippen molar-refractivity contribution >= 4 is 21.7 Å². The number of halogens is 2. The van der Waals surface area contributed by atoms with Crippen molar-refractivity contribution in [1.29, 1.82) is 0 Å². The third-order valence-electron chi connectivity index (χ3n) is 2.91. The van der Waals surface area contributed by atoms with Crippen molar-refractivity contribution in [3.05, 3.63) is 63.9 Å². The third kappa shape index (κ3) is 3.45. The Kier molecular flexibility index (Phi) is 4.55. The van der Waals surface area contributed by atoms with Crippen LogP contribution in [0, 0.1) is 12.7 Å². The predicted octanol–water partition coefficient (Wildman–Crippen LogP) is 4.55. The van der Waals surface area contributed by atoms with Gasteiger partial charge in [0.2, 0.25) is 5.78 Å². The van der Waals surface area contributed by atoms with Crippen LogP contribution in [0.3, 0.4) is 0 Å². The lowest BCUT2D eigenvalue weighted by molar-refractivity contribution is 0.0818. The van der Waals surface area contributed by atoms with Crippen molar-refractivity contribution in [3.8, 4) is 5.75 Å². The summed E-state index contributed by atoms with van der Waals surface area (Å²) in [4.78, 5) is 12.2. The van der Waals surface area contributed by atoms with Crippen molar-refractivity contribution in [2.24, 2.45) is 0 Å². The molecule has 0 saturated heterocycles. The lowest BCUT2D eigenvalue weighted by atomic mass is 10.1. The van der Waals surface area contributed by atoms with Gasteiger partial charge in [-0.05, 0) is 48.0 Å². The van der Waals surface area contributed by atoms with Crippen molar-refractivity contribution in [2.45, 2.75) is 20.0 Å². The summed E-state index contributed by atoms with van der Waals surface area (Å²) in [6.07, 6.45) is -0.630. The maximum atomic E-state index is 13.1. The van der Waals surface area contributed by atoms with E-state index >= 15 is 0 Å². The average molecular weight is 337 g/mol. The van der Waals surface area contributed by atoms with Crippen LogP contribution in [0.4, 0.5) is 4.39 Å². The number of ether oxygens (including phenoxy) is 1. The van der Waals surface area contributed by atoms with E-state index in [2.05, 4.69) is 15.9 Å². The molecule has 1 unspecified atom stereocenters. The van der Waals surface area contributed by atoms with Crippen LogP contribution < -0.4 is 4.74 Å². The first kappa shape index (κ1) is 14.7. The number of rotatable bonds is 4. The molecule has 0 bridgehead atoms. The van der Waals surface area contributed by atoms with E-state index in [1.807, 2.05) is 19.1 Å². The Labute approximate surface area is 125 Å². The van der Waals surface area contributed by atoms with Crippen LogP contribution in [-0.4, -0.2) is 11.9 Å². The highest BCUT2D eigenvalue weighted by Gasteiger charge is 2.17. The first-order chi connectivity index (χ1) is 9.47. The Morgan fingerprint density at radius 3 is 2.45 bits per heavy atom. The summed E-state index contributed by atoms with van der Waals surface area (Å²) >= 11 is 3.09. The average Bonchev–Trinajstić information content (AvgIpc) is 2.43. The predicted molar refractivity (Wildman–Crippen MR) is 79.7 cm³/mol. The number of ketones is 1. The van der Waals surface area contributed by atoms with Crippen LogP contribution in [0.5, 0.6) is 5.75 Å². The summed E-state index contributed by atoms with van der Waals surface area (Å²) < 4.78 is 19.0. The number of hydrogen-bond acceptors (Lipinski definition) is 2. The van der Waals surface area contributed by atoms with Gasteiger partial charge in [-0.3, -0.25) is 4.79 Å². The van der Waals surface area contributed by atoms with Crippen LogP contribution in [-0.2, 0) is 0 Å². The SMILES string of the molecule is Cc1ccc(C(=O)C(C)Oc2ccc(F)c(Br)c2)cc1. The van der Waals surface area contributed by atoms with Crippen molar-refractivity contribution in [3.63, 3.8) is 0 Å². The van der Waals surface area contributed by atoms with Gasteiger partial charge in [0.15, 0.2) is 6.10 Å². The molecule has 4 heteroatoms. The van der Waals surface area contributed by atoms with E-state index < -0.39 is 6.10 Å². The highest BCUT2D eigenvalue weighted by Crippen LogP contribution is 2.23. The van der Waals surface area contributed by atoms with E-state index in [9.17, 15) is 9.18 Å². The molecule has 0 aliphatic heterocycles. The lowest BCUT2D eigenvalue weighted by Gasteiger charge is -2.14. The Morgan fingerprint density at radius 1 is 1.20 bits per heavy atom. The van der Waals surface area contributed by atoms with Crippen LogP contribution in [0.2, 0.25) is 0 Å². The van der Waals surface area contributed by atoms with Crippen molar-refractivity contribution in [2.75, 3.05) is 0 Å². The Morgan fingerprint density at radius 2 is 1.85 bits per heavy atom. The molecular formula is C16H14BrFO2. The molecule has 2 aromatic carbocycles. The Balaban J connectivity index is 2.11. The molecular weight excluding hydrogens is 323 g/mol. The van der Waals surface area contributed by atoms with Gasteiger partial charge in [-0.2, -0.15) is 0 Å².